The molecule has 0 radical (unpaired) electrons. The van der Waals surface area contributed by atoms with Crippen molar-refractivity contribution in [2.45, 2.75) is 32.6 Å². The first-order valence-electron chi connectivity index (χ1n) is 5.79. The molecule has 0 atom stereocenters. The monoisotopic (exact) mass is 182 g/mol. The predicted molar refractivity (Wildman–Crippen MR) is 55.8 cm³/mol. The van der Waals surface area contributed by atoms with Gasteiger partial charge in [0.15, 0.2) is 0 Å². The van der Waals surface area contributed by atoms with Crippen LogP contribution in [0.2, 0.25) is 0 Å². The van der Waals surface area contributed by atoms with E-state index in [1.165, 1.54) is 32.2 Å². The third kappa shape index (κ3) is 2.44. The molecule has 0 unspecified atom stereocenters. The Labute approximate surface area is 81.5 Å². The Bertz CT molecular complexity index is 159. The van der Waals surface area contributed by atoms with Crippen LogP contribution in [0.4, 0.5) is 0 Å². The molecule has 2 aliphatic carbocycles. The Morgan fingerprint density at radius 1 is 1.15 bits per heavy atom. The van der Waals surface area contributed by atoms with E-state index in [4.69, 9.17) is 0 Å². The molecule has 0 aromatic rings. The lowest BCUT2D eigenvalue weighted by molar-refractivity contribution is 0.403. The molecule has 2 rings (SSSR count). The zero-order valence-electron chi connectivity index (χ0n) is 8.73. The van der Waals surface area contributed by atoms with Crippen molar-refractivity contribution in [2.24, 2.45) is 11.3 Å². The summed E-state index contributed by atoms with van der Waals surface area (Å²) in [6.45, 7) is 6.80. The second kappa shape index (κ2) is 3.97. The minimum absolute atomic E-state index is 0.770. The van der Waals surface area contributed by atoms with Crippen LogP contribution in [0.1, 0.15) is 32.6 Å². The van der Waals surface area contributed by atoms with E-state index < -0.39 is 0 Å². The summed E-state index contributed by atoms with van der Waals surface area (Å²) in [5.41, 5.74) is 0.770. The van der Waals surface area contributed by atoms with Gasteiger partial charge in [-0.1, -0.05) is 6.92 Å². The Kier molecular flexibility index (Phi) is 2.89. The van der Waals surface area contributed by atoms with Gasteiger partial charge in [0.1, 0.15) is 0 Å². The van der Waals surface area contributed by atoms with Crippen LogP contribution in [-0.2, 0) is 0 Å². The highest BCUT2D eigenvalue weighted by atomic mass is 15.0. The molecule has 13 heavy (non-hydrogen) atoms. The van der Waals surface area contributed by atoms with Crippen molar-refractivity contribution in [1.82, 2.24) is 10.6 Å². The molecule has 0 heterocycles. The number of likely N-dealkylation sites (N-methyl/N-ethyl adjacent to an activating group) is 1. The summed E-state index contributed by atoms with van der Waals surface area (Å²) in [7, 11) is 0. The van der Waals surface area contributed by atoms with E-state index in [9.17, 15) is 0 Å². The third-order valence-electron chi connectivity index (χ3n) is 3.54. The van der Waals surface area contributed by atoms with E-state index >= 15 is 0 Å². The van der Waals surface area contributed by atoms with Gasteiger partial charge in [0, 0.05) is 19.6 Å². The molecule has 0 spiro atoms. The topological polar surface area (TPSA) is 24.1 Å². The first-order valence-corrected chi connectivity index (χ1v) is 5.79. The number of hydrogen-bond acceptors (Lipinski definition) is 2. The molecular formula is C11H22N2. The van der Waals surface area contributed by atoms with Gasteiger partial charge >= 0.3 is 0 Å². The molecule has 0 aromatic carbocycles. The van der Waals surface area contributed by atoms with E-state index in [0.717, 1.165) is 31.0 Å². The predicted octanol–water partition coefficient (Wildman–Crippen LogP) is 1.38. The maximum absolute atomic E-state index is 3.58. The van der Waals surface area contributed by atoms with E-state index in [2.05, 4.69) is 17.6 Å². The standard InChI is InChI=1S/C11H22N2/c1-2-12-7-8-13-9-11(5-6-11)10-3-4-10/h10,12-13H,2-9H2,1H3. The zero-order chi connectivity index (χ0) is 9.15. The van der Waals surface area contributed by atoms with Crippen LogP contribution in [0, 0.1) is 11.3 Å². The van der Waals surface area contributed by atoms with Crippen molar-refractivity contribution in [3.05, 3.63) is 0 Å². The molecular weight excluding hydrogens is 160 g/mol. The average molecular weight is 182 g/mol. The SMILES string of the molecule is CCNCCNCC1(C2CC2)CC1. The fourth-order valence-corrected chi connectivity index (χ4v) is 2.28. The fourth-order valence-electron chi connectivity index (χ4n) is 2.28. The highest BCUT2D eigenvalue weighted by Gasteiger charge is 2.52. The Morgan fingerprint density at radius 2 is 1.85 bits per heavy atom. The van der Waals surface area contributed by atoms with Crippen molar-refractivity contribution < 1.29 is 0 Å². The average Bonchev–Trinajstić information content (AvgIpc) is 2.98. The Hall–Kier alpha value is -0.0800. The van der Waals surface area contributed by atoms with E-state index in [1.54, 1.807) is 0 Å². The van der Waals surface area contributed by atoms with Crippen molar-refractivity contribution in [3.8, 4) is 0 Å². The van der Waals surface area contributed by atoms with Crippen molar-refractivity contribution in [1.29, 1.82) is 0 Å². The molecule has 0 amide bonds. The summed E-state index contributed by atoms with van der Waals surface area (Å²) in [6, 6.07) is 0. The zero-order valence-corrected chi connectivity index (χ0v) is 8.73. The van der Waals surface area contributed by atoms with E-state index in [-0.39, 0.29) is 0 Å². The Morgan fingerprint density at radius 3 is 2.38 bits per heavy atom. The van der Waals surface area contributed by atoms with Gasteiger partial charge in [0.05, 0.1) is 0 Å². The summed E-state index contributed by atoms with van der Waals surface area (Å²) in [4.78, 5) is 0. The van der Waals surface area contributed by atoms with Crippen LogP contribution in [-0.4, -0.2) is 26.2 Å². The van der Waals surface area contributed by atoms with Gasteiger partial charge in [-0.3, -0.25) is 0 Å². The maximum atomic E-state index is 3.58. The summed E-state index contributed by atoms with van der Waals surface area (Å²) < 4.78 is 0. The molecule has 2 fully saturated rings. The van der Waals surface area contributed by atoms with Gasteiger partial charge in [-0.15, -0.1) is 0 Å². The second-order valence-electron chi connectivity index (χ2n) is 4.67. The van der Waals surface area contributed by atoms with Gasteiger partial charge < -0.3 is 10.6 Å². The lowest BCUT2D eigenvalue weighted by atomic mass is 10.0. The van der Waals surface area contributed by atoms with Crippen LogP contribution in [0.25, 0.3) is 0 Å². The normalized spacial score (nSPS) is 24.7. The molecule has 2 N–H and O–H groups in total. The Balaban J connectivity index is 1.52. The summed E-state index contributed by atoms with van der Waals surface area (Å²) >= 11 is 0. The van der Waals surface area contributed by atoms with Gasteiger partial charge in [0.25, 0.3) is 0 Å². The smallest absolute Gasteiger partial charge is 0.00769 e. The number of rotatable bonds is 7. The van der Waals surface area contributed by atoms with Crippen LogP contribution < -0.4 is 10.6 Å². The molecule has 0 saturated heterocycles. The molecule has 0 aromatic heterocycles. The van der Waals surface area contributed by atoms with E-state index in [1.807, 2.05) is 0 Å². The molecule has 2 heteroatoms. The molecule has 0 aliphatic heterocycles. The molecule has 2 aliphatic rings. The molecule has 76 valence electrons. The first kappa shape index (κ1) is 9.47. The summed E-state index contributed by atoms with van der Waals surface area (Å²) in [5, 5.41) is 6.92. The van der Waals surface area contributed by atoms with Crippen molar-refractivity contribution in [2.75, 3.05) is 26.2 Å². The quantitative estimate of drug-likeness (QED) is 0.581. The maximum Gasteiger partial charge on any atom is 0.00769 e. The lowest BCUT2D eigenvalue weighted by Crippen LogP contribution is -2.32. The van der Waals surface area contributed by atoms with Crippen LogP contribution in [0.5, 0.6) is 0 Å². The van der Waals surface area contributed by atoms with Crippen molar-refractivity contribution >= 4 is 0 Å². The lowest BCUT2D eigenvalue weighted by Gasteiger charge is -2.14. The summed E-state index contributed by atoms with van der Waals surface area (Å²) in [5.74, 6) is 1.10. The highest BCUT2D eigenvalue weighted by Crippen LogP contribution is 2.60. The second-order valence-corrected chi connectivity index (χ2v) is 4.67. The van der Waals surface area contributed by atoms with Crippen LogP contribution >= 0.6 is 0 Å². The van der Waals surface area contributed by atoms with Gasteiger partial charge in [0.2, 0.25) is 0 Å². The fraction of sp³-hybridized carbons (Fsp3) is 1.00. The molecule has 2 saturated carbocycles. The molecule has 0 bridgehead atoms. The molecule has 2 nitrogen and oxygen atoms in total. The minimum atomic E-state index is 0.770. The number of nitrogens with one attached hydrogen (secondary N) is 2. The van der Waals surface area contributed by atoms with Gasteiger partial charge in [-0.05, 0) is 43.6 Å². The van der Waals surface area contributed by atoms with Crippen LogP contribution in [0.3, 0.4) is 0 Å². The number of hydrogen-bond donors (Lipinski definition) is 2. The van der Waals surface area contributed by atoms with Gasteiger partial charge in [-0.25, -0.2) is 0 Å². The van der Waals surface area contributed by atoms with Crippen LogP contribution in [0.15, 0.2) is 0 Å². The highest BCUT2D eigenvalue weighted by molar-refractivity contribution is 5.04. The third-order valence-corrected chi connectivity index (χ3v) is 3.54. The van der Waals surface area contributed by atoms with Gasteiger partial charge in [-0.2, -0.15) is 0 Å². The van der Waals surface area contributed by atoms with E-state index in [0.29, 0.717) is 0 Å². The first-order chi connectivity index (χ1) is 6.37. The summed E-state index contributed by atoms with van der Waals surface area (Å²) in [6.07, 6.45) is 6.00. The van der Waals surface area contributed by atoms with Crippen molar-refractivity contribution in [3.63, 3.8) is 0 Å². The minimum Gasteiger partial charge on any atom is -0.316 e. The largest absolute Gasteiger partial charge is 0.316 e.